The normalized spacial score (nSPS) is 21.2. The van der Waals surface area contributed by atoms with E-state index in [9.17, 15) is 5.11 Å². The molecule has 0 spiro atoms. The first-order chi connectivity index (χ1) is 6.31. The van der Waals surface area contributed by atoms with Gasteiger partial charge < -0.3 is 14.9 Å². The summed E-state index contributed by atoms with van der Waals surface area (Å²) < 4.78 is 5.36. The molecule has 70 valence electrons. The maximum absolute atomic E-state index is 9.24. The second-order valence-electron chi connectivity index (χ2n) is 3.18. The zero-order valence-electron chi connectivity index (χ0n) is 7.23. The second kappa shape index (κ2) is 3.36. The lowest BCUT2D eigenvalue weighted by atomic mass is 9.98. The topological polar surface area (TPSA) is 49.7 Å². The number of aliphatic hydroxyl groups excluding tert-OH is 1. The van der Waals surface area contributed by atoms with Crippen LogP contribution in [0.4, 0.5) is 0 Å². The molecule has 2 N–H and O–H groups in total. The number of rotatable bonds is 1. The number of aromatic hydroxyl groups is 1. The first-order valence-electron chi connectivity index (χ1n) is 4.35. The molecule has 3 heteroatoms. The molecule has 2 rings (SSSR count). The van der Waals surface area contributed by atoms with Gasteiger partial charge in [-0.2, -0.15) is 0 Å². The number of hydrogen-bond donors (Lipinski definition) is 2. The number of fused-ring (bicyclic) bond motifs is 1. The van der Waals surface area contributed by atoms with Crippen LogP contribution in [0.5, 0.6) is 5.75 Å². The Bertz CT molecular complexity index is 309. The quantitative estimate of drug-likeness (QED) is 0.677. The molecule has 1 heterocycles. The molecule has 0 saturated carbocycles. The van der Waals surface area contributed by atoms with Crippen LogP contribution in [-0.4, -0.2) is 23.4 Å². The van der Waals surface area contributed by atoms with E-state index in [1.165, 1.54) is 0 Å². The van der Waals surface area contributed by atoms with Gasteiger partial charge in [-0.3, -0.25) is 0 Å². The molecule has 1 unspecified atom stereocenters. The molecule has 0 saturated heterocycles. The van der Waals surface area contributed by atoms with Crippen LogP contribution in [0, 0.1) is 0 Å². The molecular weight excluding hydrogens is 168 g/mol. The minimum Gasteiger partial charge on any atom is -0.508 e. The van der Waals surface area contributed by atoms with Crippen molar-refractivity contribution in [3.63, 3.8) is 0 Å². The summed E-state index contributed by atoms with van der Waals surface area (Å²) in [4.78, 5) is 0. The highest BCUT2D eigenvalue weighted by atomic mass is 16.5. The summed E-state index contributed by atoms with van der Waals surface area (Å²) in [5, 5.41) is 18.3. The fraction of sp³-hybridized carbons (Fsp3) is 0.400. The summed E-state index contributed by atoms with van der Waals surface area (Å²) in [6.45, 7) is 0.611. The Morgan fingerprint density at radius 3 is 3.08 bits per heavy atom. The Labute approximate surface area is 76.6 Å². The van der Waals surface area contributed by atoms with Gasteiger partial charge in [-0.15, -0.1) is 0 Å². The van der Waals surface area contributed by atoms with Crippen LogP contribution >= 0.6 is 0 Å². The SMILES string of the molecule is OCC1OCCc2cc(O)ccc21. The predicted octanol–water partition coefficient (Wildman–Crippen LogP) is 0.998. The molecule has 0 bridgehead atoms. The predicted molar refractivity (Wildman–Crippen MR) is 47.6 cm³/mol. The van der Waals surface area contributed by atoms with Crippen molar-refractivity contribution in [3.8, 4) is 5.75 Å². The molecule has 0 aromatic heterocycles. The van der Waals surface area contributed by atoms with E-state index in [2.05, 4.69) is 0 Å². The molecule has 1 aliphatic rings. The van der Waals surface area contributed by atoms with E-state index in [0.29, 0.717) is 6.61 Å². The fourth-order valence-corrected chi connectivity index (χ4v) is 1.67. The summed E-state index contributed by atoms with van der Waals surface area (Å²) in [6, 6.07) is 5.17. The van der Waals surface area contributed by atoms with Gasteiger partial charge >= 0.3 is 0 Å². The summed E-state index contributed by atoms with van der Waals surface area (Å²) in [5.41, 5.74) is 2.07. The summed E-state index contributed by atoms with van der Waals surface area (Å²) in [5.74, 6) is 0.275. The molecule has 0 radical (unpaired) electrons. The molecule has 0 amide bonds. The highest BCUT2D eigenvalue weighted by Crippen LogP contribution is 2.28. The van der Waals surface area contributed by atoms with E-state index in [1.54, 1.807) is 12.1 Å². The standard InChI is InChI=1S/C10H12O3/c11-6-10-9-2-1-8(12)5-7(9)3-4-13-10/h1-2,5,10-12H,3-4,6H2. The van der Waals surface area contributed by atoms with E-state index < -0.39 is 0 Å². The summed E-state index contributed by atoms with van der Waals surface area (Å²) in [7, 11) is 0. The van der Waals surface area contributed by atoms with Gasteiger partial charge in [0.05, 0.1) is 13.2 Å². The Morgan fingerprint density at radius 2 is 2.31 bits per heavy atom. The van der Waals surface area contributed by atoms with Gasteiger partial charge in [0.15, 0.2) is 0 Å². The van der Waals surface area contributed by atoms with E-state index in [-0.39, 0.29) is 18.5 Å². The van der Waals surface area contributed by atoms with Crippen molar-refractivity contribution >= 4 is 0 Å². The molecular formula is C10H12O3. The second-order valence-corrected chi connectivity index (χ2v) is 3.18. The largest absolute Gasteiger partial charge is 0.508 e. The fourth-order valence-electron chi connectivity index (χ4n) is 1.67. The van der Waals surface area contributed by atoms with Crippen LogP contribution in [0.3, 0.4) is 0 Å². The van der Waals surface area contributed by atoms with Crippen molar-refractivity contribution in [1.29, 1.82) is 0 Å². The third-order valence-corrected chi connectivity index (χ3v) is 2.33. The average molecular weight is 180 g/mol. The van der Waals surface area contributed by atoms with Crippen LogP contribution in [-0.2, 0) is 11.2 Å². The lowest BCUT2D eigenvalue weighted by molar-refractivity contribution is 0.00311. The summed E-state index contributed by atoms with van der Waals surface area (Å²) >= 11 is 0. The van der Waals surface area contributed by atoms with Crippen molar-refractivity contribution in [2.75, 3.05) is 13.2 Å². The van der Waals surface area contributed by atoms with Gasteiger partial charge in [-0.25, -0.2) is 0 Å². The number of phenols is 1. The Balaban J connectivity index is 2.40. The minimum absolute atomic E-state index is 0.00221. The van der Waals surface area contributed by atoms with Crippen LogP contribution in [0.25, 0.3) is 0 Å². The molecule has 1 aromatic rings. The van der Waals surface area contributed by atoms with Gasteiger partial charge in [0.2, 0.25) is 0 Å². The van der Waals surface area contributed by atoms with Crippen molar-refractivity contribution in [1.82, 2.24) is 0 Å². The number of aliphatic hydroxyl groups is 1. The van der Waals surface area contributed by atoms with E-state index >= 15 is 0 Å². The molecule has 1 aliphatic heterocycles. The van der Waals surface area contributed by atoms with Gasteiger partial charge in [0.25, 0.3) is 0 Å². The zero-order valence-corrected chi connectivity index (χ0v) is 7.23. The maximum Gasteiger partial charge on any atom is 0.115 e. The van der Waals surface area contributed by atoms with Crippen molar-refractivity contribution in [3.05, 3.63) is 29.3 Å². The molecule has 1 aromatic carbocycles. The lowest BCUT2D eigenvalue weighted by Gasteiger charge is -2.24. The Morgan fingerprint density at radius 1 is 1.46 bits per heavy atom. The van der Waals surface area contributed by atoms with E-state index in [4.69, 9.17) is 9.84 Å². The smallest absolute Gasteiger partial charge is 0.115 e. The third kappa shape index (κ3) is 1.53. The van der Waals surface area contributed by atoms with Gasteiger partial charge in [-0.1, -0.05) is 6.07 Å². The lowest BCUT2D eigenvalue weighted by Crippen LogP contribution is -2.18. The molecule has 1 atom stereocenters. The number of phenolic OH excluding ortho intramolecular Hbond substituents is 1. The number of ether oxygens (including phenoxy) is 1. The Hall–Kier alpha value is -1.06. The first-order valence-corrected chi connectivity index (χ1v) is 4.35. The molecule has 13 heavy (non-hydrogen) atoms. The van der Waals surface area contributed by atoms with Crippen molar-refractivity contribution in [2.45, 2.75) is 12.5 Å². The number of benzene rings is 1. The zero-order chi connectivity index (χ0) is 9.26. The molecule has 0 fully saturated rings. The highest BCUT2D eigenvalue weighted by molar-refractivity contribution is 5.37. The maximum atomic E-state index is 9.24. The van der Waals surface area contributed by atoms with E-state index in [1.807, 2.05) is 6.07 Å². The number of hydrogen-bond acceptors (Lipinski definition) is 3. The average Bonchev–Trinajstić information content (AvgIpc) is 2.16. The summed E-state index contributed by atoms with van der Waals surface area (Å²) in [6.07, 6.45) is 0.588. The van der Waals surface area contributed by atoms with Crippen molar-refractivity contribution in [2.24, 2.45) is 0 Å². The molecule has 3 nitrogen and oxygen atoms in total. The first kappa shape index (κ1) is 8.53. The van der Waals surface area contributed by atoms with Crippen molar-refractivity contribution < 1.29 is 14.9 Å². The van der Waals surface area contributed by atoms with Gasteiger partial charge in [0.1, 0.15) is 11.9 Å². The Kier molecular flexibility index (Phi) is 2.20. The van der Waals surface area contributed by atoms with Crippen LogP contribution < -0.4 is 0 Å². The minimum atomic E-state index is -0.218. The van der Waals surface area contributed by atoms with Crippen LogP contribution in [0.15, 0.2) is 18.2 Å². The third-order valence-electron chi connectivity index (χ3n) is 2.33. The van der Waals surface area contributed by atoms with Gasteiger partial charge in [0, 0.05) is 0 Å². The monoisotopic (exact) mass is 180 g/mol. The highest BCUT2D eigenvalue weighted by Gasteiger charge is 2.19. The van der Waals surface area contributed by atoms with Gasteiger partial charge in [-0.05, 0) is 29.7 Å². The van der Waals surface area contributed by atoms with Crippen LogP contribution in [0.1, 0.15) is 17.2 Å². The molecule has 0 aliphatic carbocycles. The van der Waals surface area contributed by atoms with E-state index in [0.717, 1.165) is 17.5 Å². The van der Waals surface area contributed by atoms with Crippen LogP contribution in [0.2, 0.25) is 0 Å².